The van der Waals surface area contributed by atoms with Crippen molar-refractivity contribution in [3.8, 4) is 0 Å². The van der Waals surface area contributed by atoms with E-state index in [1.54, 1.807) is 6.92 Å². The van der Waals surface area contributed by atoms with Gasteiger partial charge in [-0.25, -0.2) is 0 Å². The van der Waals surface area contributed by atoms with Crippen molar-refractivity contribution in [2.24, 2.45) is 5.73 Å². The maximum Gasteiger partial charge on any atom is 0.239 e. The number of rotatable bonds is 6. The molecular weight excluding hydrogens is 316 g/mol. The standard InChI is InChI=1S/C16H25BrN2O/c1-5-10-16(4,18)14(20)19-11-15(2,3)12-6-8-13(17)9-7-12/h6-9H,5,10-11,18H2,1-4H3,(H,19,20). The first kappa shape index (κ1) is 17.2. The zero-order valence-electron chi connectivity index (χ0n) is 12.8. The van der Waals surface area contributed by atoms with E-state index in [4.69, 9.17) is 5.73 Å². The van der Waals surface area contributed by atoms with E-state index in [0.717, 1.165) is 10.9 Å². The Kier molecular flexibility index (Phi) is 5.78. The summed E-state index contributed by atoms with van der Waals surface area (Å²) in [4.78, 5) is 12.1. The van der Waals surface area contributed by atoms with Crippen LogP contribution in [-0.2, 0) is 10.2 Å². The lowest BCUT2D eigenvalue weighted by Crippen LogP contribution is -2.53. The molecule has 0 bridgehead atoms. The van der Waals surface area contributed by atoms with Gasteiger partial charge in [-0.2, -0.15) is 0 Å². The molecule has 1 aromatic rings. The molecule has 0 aliphatic rings. The summed E-state index contributed by atoms with van der Waals surface area (Å²) in [6, 6.07) is 8.18. The summed E-state index contributed by atoms with van der Waals surface area (Å²) in [7, 11) is 0. The van der Waals surface area contributed by atoms with Crippen molar-refractivity contribution in [1.29, 1.82) is 0 Å². The van der Waals surface area contributed by atoms with Gasteiger partial charge < -0.3 is 11.1 Å². The normalized spacial score (nSPS) is 14.7. The maximum absolute atomic E-state index is 12.1. The summed E-state index contributed by atoms with van der Waals surface area (Å²) >= 11 is 3.43. The average Bonchev–Trinajstić information content (AvgIpc) is 2.36. The quantitative estimate of drug-likeness (QED) is 0.834. The molecular formula is C16H25BrN2O. The minimum Gasteiger partial charge on any atom is -0.354 e. The first-order valence-corrected chi connectivity index (χ1v) is 7.81. The molecule has 3 nitrogen and oxygen atoms in total. The van der Waals surface area contributed by atoms with Crippen LogP contribution >= 0.6 is 15.9 Å². The third-order valence-electron chi connectivity index (χ3n) is 3.60. The lowest BCUT2D eigenvalue weighted by Gasteiger charge is -2.29. The van der Waals surface area contributed by atoms with Gasteiger partial charge in [-0.1, -0.05) is 55.3 Å². The Bertz CT molecular complexity index is 452. The summed E-state index contributed by atoms with van der Waals surface area (Å²) < 4.78 is 1.05. The van der Waals surface area contributed by atoms with Crippen molar-refractivity contribution in [1.82, 2.24) is 5.32 Å². The molecule has 1 aromatic carbocycles. The van der Waals surface area contributed by atoms with E-state index in [2.05, 4.69) is 47.2 Å². The van der Waals surface area contributed by atoms with Gasteiger partial charge in [0.15, 0.2) is 0 Å². The van der Waals surface area contributed by atoms with Crippen molar-refractivity contribution < 1.29 is 4.79 Å². The summed E-state index contributed by atoms with van der Waals surface area (Å²) in [6.45, 7) is 8.63. The van der Waals surface area contributed by atoms with Gasteiger partial charge in [0.2, 0.25) is 5.91 Å². The Hall–Kier alpha value is -0.870. The van der Waals surface area contributed by atoms with Crippen LogP contribution in [0, 0.1) is 0 Å². The van der Waals surface area contributed by atoms with Crippen LogP contribution in [0.15, 0.2) is 28.7 Å². The highest BCUT2D eigenvalue weighted by atomic mass is 79.9. The molecule has 0 radical (unpaired) electrons. The number of nitrogens with one attached hydrogen (secondary N) is 1. The van der Waals surface area contributed by atoms with Gasteiger partial charge in [0, 0.05) is 16.4 Å². The number of carbonyl (C=O) groups excluding carboxylic acids is 1. The molecule has 1 unspecified atom stereocenters. The van der Waals surface area contributed by atoms with E-state index in [1.165, 1.54) is 5.56 Å². The molecule has 1 rings (SSSR count). The fourth-order valence-electron chi connectivity index (χ4n) is 2.14. The van der Waals surface area contributed by atoms with E-state index in [1.807, 2.05) is 19.1 Å². The zero-order valence-corrected chi connectivity index (χ0v) is 14.4. The van der Waals surface area contributed by atoms with E-state index in [9.17, 15) is 4.79 Å². The van der Waals surface area contributed by atoms with Crippen LogP contribution in [0.25, 0.3) is 0 Å². The Morgan fingerprint density at radius 3 is 2.30 bits per heavy atom. The molecule has 0 fully saturated rings. The van der Waals surface area contributed by atoms with Crippen LogP contribution in [0.4, 0.5) is 0 Å². The molecule has 20 heavy (non-hydrogen) atoms. The highest BCUT2D eigenvalue weighted by Gasteiger charge is 2.29. The lowest BCUT2D eigenvalue weighted by molar-refractivity contribution is -0.126. The van der Waals surface area contributed by atoms with Crippen LogP contribution < -0.4 is 11.1 Å². The van der Waals surface area contributed by atoms with Crippen molar-refractivity contribution in [2.45, 2.75) is 51.5 Å². The fraction of sp³-hybridized carbons (Fsp3) is 0.562. The second-order valence-corrected chi connectivity index (χ2v) is 7.16. The van der Waals surface area contributed by atoms with Crippen LogP contribution in [0.2, 0.25) is 0 Å². The SMILES string of the molecule is CCCC(C)(N)C(=O)NCC(C)(C)c1ccc(Br)cc1. The number of carbonyl (C=O) groups is 1. The third-order valence-corrected chi connectivity index (χ3v) is 4.13. The minimum absolute atomic E-state index is 0.0791. The molecule has 0 aliphatic heterocycles. The molecule has 112 valence electrons. The van der Waals surface area contributed by atoms with Gasteiger partial charge >= 0.3 is 0 Å². The predicted octanol–water partition coefficient (Wildman–Crippen LogP) is 3.36. The number of amides is 1. The number of hydrogen-bond acceptors (Lipinski definition) is 2. The van der Waals surface area contributed by atoms with E-state index < -0.39 is 5.54 Å². The molecule has 3 N–H and O–H groups in total. The highest BCUT2D eigenvalue weighted by Crippen LogP contribution is 2.24. The Balaban J connectivity index is 2.68. The third kappa shape index (κ3) is 4.60. The number of hydrogen-bond donors (Lipinski definition) is 2. The van der Waals surface area contributed by atoms with Crippen molar-refractivity contribution in [2.75, 3.05) is 6.54 Å². The van der Waals surface area contributed by atoms with Gasteiger partial charge in [-0.05, 0) is 31.0 Å². The number of halogens is 1. The second-order valence-electron chi connectivity index (χ2n) is 6.24. The topological polar surface area (TPSA) is 55.1 Å². The first-order valence-electron chi connectivity index (χ1n) is 7.02. The summed E-state index contributed by atoms with van der Waals surface area (Å²) in [5.41, 5.74) is 6.32. The van der Waals surface area contributed by atoms with Crippen molar-refractivity contribution in [3.05, 3.63) is 34.3 Å². The molecule has 0 saturated heterocycles. The zero-order chi connectivity index (χ0) is 15.4. The molecule has 0 heterocycles. The monoisotopic (exact) mass is 340 g/mol. The van der Waals surface area contributed by atoms with Crippen molar-refractivity contribution >= 4 is 21.8 Å². The molecule has 0 spiro atoms. The number of benzene rings is 1. The molecule has 1 amide bonds. The highest BCUT2D eigenvalue weighted by molar-refractivity contribution is 9.10. The molecule has 1 atom stereocenters. The summed E-state index contributed by atoms with van der Waals surface area (Å²) in [5.74, 6) is -0.0791. The lowest BCUT2D eigenvalue weighted by atomic mass is 9.84. The molecule has 4 heteroatoms. The Morgan fingerprint density at radius 2 is 1.80 bits per heavy atom. The Morgan fingerprint density at radius 1 is 1.25 bits per heavy atom. The largest absolute Gasteiger partial charge is 0.354 e. The summed E-state index contributed by atoms with van der Waals surface area (Å²) in [6.07, 6.45) is 1.59. The van der Waals surface area contributed by atoms with Gasteiger partial charge in [-0.15, -0.1) is 0 Å². The van der Waals surface area contributed by atoms with Gasteiger partial charge in [0.1, 0.15) is 0 Å². The summed E-state index contributed by atoms with van der Waals surface area (Å²) in [5, 5.41) is 2.99. The molecule has 0 aliphatic carbocycles. The van der Waals surface area contributed by atoms with Crippen LogP contribution in [0.5, 0.6) is 0 Å². The van der Waals surface area contributed by atoms with Crippen LogP contribution in [0.3, 0.4) is 0 Å². The minimum atomic E-state index is -0.787. The predicted molar refractivity (Wildman–Crippen MR) is 87.7 cm³/mol. The van der Waals surface area contributed by atoms with E-state index >= 15 is 0 Å². The van der Waals surface area contributed by atoms with Crippen LogP contribution in [0.1, 0.15) is 46.1 Å². The van der Waals surface area contributed by atoms with E-state index in [-0.39, 0.29) is 11.3 Å². The fourth-order valence-corrected chi connectivity index (χ4v) is 2.40. The smallest absolute Gasteiger partial charge is 0.239 e. The van der Waals surface area contributed by atoms with Crippen LogP contribution in [-0.4, -0.2) is 18.0 Å². The molecule has 0 aromatic heterocycles. The molecule has 0 saturated carbocycles. The van der Waals surface area contributed by atoms with Gasteiger partial charge in [-0.3, -0.25) is 4.79 Å². The second kappa shape index (κ2) is 6.72. The van der Waals surface area contributed by atoms with Crippen molar-refractivity contribution in [3.63, 3.8) is 0 Å². The first-order chi connectivity index (χ1) is 9.19. The number of nitrogens with two attached hydrogens (primary N) is 1. The van der Waals surface area contributed by atoms with Gasteiger partial charge in [0.05, 0.1) is 5.54 Å². The van der Waals surface area contributed by atoms with Gasteiger partial charge in [0.25, 0.3) is 0 Å². The Labute approximate surface area is 130 Å². The van der Waals surface area contributed by atoms with E-state index in [0.29, 0.717) is 13.0 Å². The average molecular weight is 341 g/mol. The maximum atomic E-state index is 12.1.